The Kier molecular flexibility index (Phi) is 4.00. The summed E-state index contributed by atoms with van der Waals surface area (Å²) in [5, 5.41) is 10.5. The summed E-state index contributed by atoms with van der Waals surface area (Å²) in [7, 11) is 0. The van der Waals surface area contributed by atoms with E-state index in [4.69, 9.17) is 4.42 Å². The smallest absolute Gasteiger partial charge is 0.360 e. The number of fused-ring (bicyclic) bond motifs is 3. The van der Waals surface area contributed by atoms with Crippen molar-refractivity contribution in [1.29, 1.82) is 0 Å². The molecule has 25 heavy (non-hydrogen) atoms. The number of aryl methyl sites for hydroxylation is 1. The van der Waals surface area contributed by atoms with Gasteiger partial charge in [0.1, 0.15) is 17.0 Å². The Balaban J connectivity index is 1.79. The van der Waals surface area contributed by atoms with E-state index in [1.165, 1.54) is 11.0 Å². The van der Waals surface area contributed by atoms with Crippen LogP contribution in [-0.2, 0) is 11.2 Å². The van der Waals surface area contributed by atoms with Crippen LogP contribution in [0, 0.1) is 0 Å². The first-order valence-corrected chi connectivity index (χ1v) is 9.01. The minimum Gasteiger partial charge on any atom is -0.508 e. The second-order valence-electron chi connectivity index (χ2n) is 7.08. The summed E-state index contributed by atoms with van der Waals surface area (Å²) in [5.74, 6) is 0.117. The van der Waals surface area contributed by atoms with Crippen molar-refractivity contribution in [2.75, 3.05) is 24.5 Å². The molecular formula is C19H23N2O4+. The summed E-state index contributed by atoms with van der Waals surface area (Å²) in [5.41, 5.74) is 1.16. The predicted molar refractivity (Wildman–Crippen MR) is 94.2 cm³/mol. The van der Waals surface area contributed by atoms with Crippen LogP contribution in [0.2, 0.25) is 0 Å². The highest BCUT2D eigenvalue weighted by Gasteiger charge is 2.36. The van der Waals surface area contributed by atoms with Crippen molar-refractivity contribution in [3.05, 3.63) is 34.2 Å². The molecule has 0 aliphatic carbocycles. The molecule has 2 aliphatic heterocycles. The number of carbonyl (C=O) groups excluding carboxylic acids is 1. The molecule has 6 heteroatoms. The van der Waals surface area contributed by atoms with Gasteiger partial charge in [-0.2, -0.15) is 0 Å². The number of phenols is 1. The molecule has 132 valence electrons. The maximum Gasteiger partial charge on any atom is 0.360 e. The number of nitrogens with zero attached hydrogens (tertiary/aromatic N) is 1. The summed E-state index contributed by atoms with van der Waals surface area (Å²) in [6.45, 7) is 4.51. The third kappa shape index (κ3) is 2.70. The zero-order valence-electron chi connectivity index (χ0n) is 14.4. The van der Waals surface area contributed by atoms with Crippen LogP contribution in [0.5, 0.6) is 5.75 Å². The fraction of sp³-hybridized carbons (Fsp3) is 0.474. The van der Waals surface area contributed by atoms with Crippen LogP contribution in [0.1, 0.15) is 31.7 Å². The van der Waals surface area contributed by atoms with Crippen LogP contribution in [0.4, 0.5) is 5.69 Å². The molecule has 2 aromatic rings. The van der Waals surface area contributed by atoms with Crippen LogP contribution < -0.4 is 15.4 Å². The van der Waals surface area contributed by atoms with Gasteiger partial charge in [0.25, 0.3) is 5.91 Å². The largest absolute Gasteiger partial charge is 0.508 e. The third-order valence-electron chi connectivity index (χ3n) is 5.54. The van der Waals surface area contributed by atoms with Gasteiger partial charge < -0.3 is 19.3 Å². The van der Waals surface area contributed by atoms with Crippen molar-refractivity contribution in [2.45, 2.75) is 38.6 Å². The average molecular weight is 343 g/mol. The summed E-state index contributed by atoms with van der Waals surface area (Å²) in [4.78, 5) is 28.6. The first-order chi connectivity index (χ1) is 12.1. The molecule has 0 bridgehead atoms. The first kappa shape index (κ1) is 16.1. The van der Waals surface area contributed by atoms with E-state index in [-0.39, 0.29) is 17.7 Å². The van der Waals surface area contributed by atoms with Crippen LogP contribution in [-0.4, -0.2) is 36.7 Å². The highest BCUT2D eigenvalue weighted by atomic mass is 16.4. The van der Waals surface area contributed by atoms with Gasteiger partial charge in [-0.25, -0.2) is 4.79 Å². The predicted octanol–water partition coefficient (Wildman–Crippen LogP) is 0.845. The topological polar surface area (TPSA) is 75.2 Å². The fourth-order valence-electron chi connectivity index (χ4n) is 4.18. The van der Waals surface area contributed by atoms with Crippen LogP contribution in [0.25, 0.3) is 11.0 Å². The van der Waals surface area contributed by atoms with Crippen molar-refractivity contribution in [1.82, 2.24) is 0 Å². The molecule has 1 fully saturated rings. The van der Waals surface area contributed by atoms with Crippen LogP contribution in [0.15, 0.2) is 27.4 Å². The molecule has 1 saturated heterocycles. The van der Waals surface area contributed by atoms with Gasteiger partial charge in [-0.05, 0) is 43.5 Å². The van der Waals surface area contributed by atoms with E-state index in [9.17, 15) is 14.7 Å². The minimum absolute atomic E-state index is 0.00958. The maximum atomic E-state index is 13.1. The summed E-state index contributed by atoms with van der Waals surface area (Å²) in [6.07, 6.45) is 3.80. The number of aromatic hydroxyl groups is 1. The van der Waals surface area contributed by atoms with Crippen molar-refractivity contribution >= 4 is 22.6 Å². The van der Waals surface area contributed by atoms with Gasteiger partial charge in [0, 0.05) is 24.8 Å². The molecule has 4 rings (SSSR count). The number of nitrogens with one attached hydrogen (secondary N) is 1. The van der Waals surface area contributed by atoms with E-state index < -0.39 is 5.63 Å². The van der Waals surface area contributed by atoms with E-state index in [2.05, 4.69) is 0 Å². The number of carbonyl (C=O) groups is 1. The fourth-order valence-corrected chi connectivity index (χ4v) is 4.18. The van der Waals surface area contributed by atoms with Crippen molar-refractivity contribution < 1.29 is 19.2 Å². The van der Waals surface area contributed by atoms with Crippen molar-refractivity contribution in [2.24, 2.45) is 0 Å². The Hall–Kier alpha value is -2.34. The van der Waals surface area contributed by atoms with Crippen molar-refractivity contribution in [3.63, 3.8) is 0 Å². The lowest BCUT2D eigenvalue weighted by atomic mass is 9.98. The molecule has 0 spiro atoms. The molecule has 0 radical (unpaired) electrons. The number of phenolic OH excluding ortho intramolecular Hbond substituents is 1. The number of hydrogen-bond donors (Lipinski definition) is 2. The number of benzene rings is 1. The normalized spacial score (nSPS) is 19.2. The van der Waals surface area contributed by atoms with Crippen LogP contribution in [0.3, 0.4) is 0 Å². The maximum absolute atomic E-state index is 13.1. The molecule has 1 unspecified atom stereocenters. The number of rotatable bonds is 2. The Labute approximate surface area is 145 Å². The second-order valence-corrected chi connectivity index (χ2v) is 7.08. The lowest BCUT2D eigenvalue weighted by Crippen LogP contribution is -3.15. The van der Waals surface area contributed by atoms with Gasteiger partial charge in [0.2, 0.25) is 0 Å². The highest BCUT2D eigenvalue weighted by Crippen LogP contribution is 2.32. The second kappa shape index (κ2) is 6.19. The molecule has 0 saturated carbocycles. The van der Waals surface area contributed by atoms with Gasteiger partial charge in [-0.15, -0.1) is 0 Å². The molecule has 1 atom stereocenters. The molecular weight excluding hydrogens is 320 g/mol. The highest BCUT2D eigenvalue weighted by molar-refractivity contribution is 5.99. The average Bonchev–Trinajstić information content (AvgIpc) is 3.15. The zero-order chi connectivity index (χ0) is 17.6. The Morgan fingerprint density at radius 1 is 1.28 bits per heavy atom. The monoisotopic (exact) mass is 343 g/mol. The number of likely N-dealkylation sites (tertiary alicyclic amines) is 1. The van der Waals surface area contributed by atoms with E-state index in [1.807, 2.05) is 6.92 Å². The summed E-state index contributed by atoms with van der Waals surface area (Å²) < 4.78 is 5.43. The third-order valence-corrected chi connectivity index (χ3v) is 5.54. The minimum atomic E-state index is -0.468. The molecule has 1 aromatic heterocycles. The van der Waals surface area contributed by atoms with Gasteiger partial charge in [-0.1, -0.05) is 0 Å². The molecule has 2 aliphatic rings. The molecule has 1 aromatic carbocycles. The first-order valence-electron chi connectivity index (χ1n) is 9.01. The van der Waals surface area contributed by atoms with Gasteiger partial charge in [0.15, 0.2) is 6.04 Å². The van der Waals surface area contributed by atoms with E-state index in [0.717, 1.165) is 37.9 Å². The molecule has 6 nitrogen and oxygen atoms in total. The Bertz CT molecular complexity index is 883. The molecule has 2 N–H and O–H groups in total. The van der Waals surface area contributed by atoms with Gasteiger partial charge in [0.05, 0.1) is 13.1 Å². The van der Waals surface area contributed by atoms with Gasteiger partial charge in [-0.3, -0.25) is 4.79 Å². The molecule has 3 heterocycles. The SMILES string of the molecule is CC(C(=O)N1CCCc2c1c(=O)oc1ccc(O)cc21)[NH+]1CCCC1. The van der Waals surface area contributed by atoms with E-state index in [1.54, 1.807) is 17.0 Å². The van der Waals surface area contributed by atoms with E-state index in [0.29, 0.717) is 29.6 Å². The summed E-state index contributed by atoms with van der Waals surface area (Å²) in [6, 6.07) is 4.56. The zero-order valence-corrected chi connectivity index (χ0v) is 14.4. The number of quaternary nitrogens is 1. The number of anilines is 1. The van der Waals surface area contributed by atoms with Gasteiger partial charge >= 0.3 is 5.63 Å². The molecule has 1 amide bonds. The standard InChI is InChI=1S/C19H22N2O4/c1-12(20-8-2-3-9-20)18(23)21-10-4-5-14-15-11-13(22)6-7-16(15)25-19(24)17(14)21/h6-7,11-12,22H,2-5,8-10H2,1H3/p+1. The lowest BCUT2D eigenvalue weighted by Gasteiger charge is -2.32. The number of hydrogen-bond acceptors (Lipinski definition) is 4. The quantitative estimate of drug-likeness (QED) is 0.793. The van der Waals surface area contributed by atoms with Crippen molar-refractivity contribution in [3.8, 4) is 5.75 Å². The Morgan fingerprint density at radius 3 is 2.80 bits per heavy atom. The van der Waals surface area contributed by atoms with Crippen LogP contribution >= 0.6 is 0 Å². The van der Waals surface area contributed by atoms with E-state index >= 15 is 0 Å². The lowest BCUT2D eigenvalue weighted by molar-refractivity contribution is -0.901. The summed E-state index contributed by atoms with van der Waals surface area (Å²) >= 11 is 0. The Morgan fingerprint density at radius 2 is 2.04 bits per heavy atom. The number of amides is 1.